The van der Waals surface area contributed by atoms with E-state index in [0.717, 1.165) is 133 Å². The summed E-state index contributed by atoms with van der Waals surface area (Å²) < 4.78 is 261. The molecule has 10 heterocycles. The average molecular weight is 2080 g/mol. The summed E-state index contributed by atoms with van der Waals surface area (Å²) in [7, 11) is 3.16. The molecular weight excluding hydrogens is 1960 g/mol. The van der Waals surface area contributed by atoms with E-state index in [1.165, 1.54) is 33.2 Å². The number of piperazine rings is 3. The zero-order valence-electron chi connectivity index (χ0n) is 80.2. The quantitative estimate of drug-likeness (QED) is 0.0240. The minimum atomic E-state index is -4.85. The fourth-order valence-corrected chi connectivity index (χ4v) is 19.0. The highest BCUT2D eigenvalue weighted by atomic mass is 19.4. The molecule has 4 aromatic heterocycles. The first-order valence-electron chi connectivity index (χ1n) is 47.2. The van der Waals surface area contributed by atoms with Crippen LogP contribution >= 0.6 is 0 Å². The Hall–Kier alpha value is -13.5. The van der Waals surface area contributed by atoms with E-state index in [-0.39, 0.29) is 141 Å². The standard InChI is InChI=1S/C37H41F5N4O5.C36H40F6N4O5.C30H30F5N5O3.2CH4/c1-4-8-32-36(51-27-13-11-26(12-14-27)37(40,41)42,16-7-18-46(32)33(47)28-25-43-17-15-29(28)35(2,38)39)34(48)45-21-19-44(20-22-45)30-9-5-6-10-31(30)50-24-23-49-3;1-3-7-31-34(51-26-12-10-25(11-13-26)35(37,38)39,15-6-17-46(31)32(47)27-24-43-16-14-28(27)36(40,41)42)33(48)45-20-18-44(19-21-45)29-8-4-5-9-30(29)50-23-22-49-2;1-28(31,32)24-10-13-36-19-23(24)26(41)40-14-4-11-29(20-40,43-22-8-6-21(7-9-22)30(33,34)35)27(42)39-17-15-38(16-18-39)25-5-2-3-12-37-25;;/h4-6,9-15,17,25,32H,1,7-8,16,18-24H2,2-3H3;4-5,8-14,16,24,31H,3,6-7,15,17-23H2,1-2H3;2-3,5-10,12-13,19H,4,11,14-18,20H2,1H3;2*1H4/t32?,36-;31?,34-;;;/m00.../s1. The van der Waals surface area contributed by atoms with Crippen molar-refractivity contribution in [3.8, 4) is 28.7 Å². The lowest BCUT2D eigenvalue weighted by molar-refractivity contribution is -0.160. The zero-order chi connectivity index (χ0) is 104. The topological polar surface area (TPSA) is 248 Å². The Morgan fingerprint density at radius 3 is 1.16 bits per heavy atom. The molecule has 5 aromatic carbocycles. The molecule has 0 bridgehead atoms. The van der Waals surface area contributed by atoms with Crippen LogP contribution in [0.5, 0.6) is 28.7 Å². The van der Waals surface area contributed by atoms with Gasteiger partial charge in [0.05, 0.1) is 82.2 Å². The first kappa shape index (κ1) is 114. The van der Waals surface area contributed by atoms with E-state index in [1.807, 2.05) is 65.6 Å². The number of rotatable bonds is 29. The summed E-state index contributed by atoms with van der Waals surface area (Å²) in [6, 6.07) is 33.2. The second-order valence-electron chi connectivity index (χ2n) is 35.7. The smallest absolute Gasteiger partial charge is 0.417 e. The van der Waals surface area contributed by atoms with Gasteiger partial charge in [0.2, 0.25) is 16.8 Å². The SMILES string of the molecule is C.C.C=CCC1N(C(=O)c2cnccc2C(C)(F)F)CCC[C@@]1(Oc1ccc(C(F)(F)F)cc1)C(=O)N1CCN(c2ccccc2OCCOC)CC1.CC(F)(F)c1ccncc1C(=O)N1CCCC(Oc2ccc(C(F)(F)F)cc2)(C(=O)N2CCN(c3ccccn3)CC2)C1.CCCC1N(C(=O)c2cnccc2C(F)(F)F)CCC[C@@]1(Oc1ccc(C(F)(F)F)cc1)C(=O)N1CCN(c2ccccc2OCCOC)CC1. The number of benzene rings is 5. The number of anilines is 3. The van der Waals surface area contributed by atoms with E-state index < -0.39 is 140 Å². The van der Waals surface area contributed by atoms with Crippen LogP contribution in [0.1, 0.15) is 158 Å². The number of methoxy groups -OCH3 is 2. The van der Waals surface area contributed by atoms with Gasteiger partial charge in [0.15, 0.2) is 0 Å². The summed E-state index contributed by atoms with van der Waals surface area (Å²) in [5, 5.41) is 0. The van der Waals surface area contributed by atoms with Crippen molar-refractivity contribution in [3.63, 3.8) is 0 Å². The number of para-hydroxylation sites is 4. The number of hydrogen-bond acceptors (Lipinski definition) is 20. The van der Waals surface area contributed by atoms with Crippen LogP contribution < -0.4 is 38.4 Å². The Kier molecular flexibility index (Phi) is 37.8. The van der Waals surface area contributed by atoms with Crippen molar-refractivity contribution in [1.29, 1.82) is 0 Å². The number of pyridine rings is 4. The maximum Gasteiger partial charge on any atom is 0.417 e. The van der Waals surface area contributed by atoms with Gasteiger partial charge in [-0.1, -0.05) is 64.6 Å². The number of piperidine rings is 3. The van der Waals surface area contributed by atoms with Crippen LogP contribution in [0, 0.1) is 0 Å². The molecule has 3 unspecified atom stereocenters. The van der Waals surface area contributed by atoms with Gasteiger partial charge in [0.25, 0.3) is 47.3 Å². The fourth-order valence-electron chi connectivity index (χ4n) is 19.0. The van der Waals surface area contributed by atoms with Gasteiger partial charge >= 0.3 is 24.7 Å². The number of likely N-dealkylation sites (tertiary alicyclic amines) is 3. The summed E-state index contributed by atoms with van der Waals surface area (Å²) in [4.78, 5) is 116. The third kappa shape index (κ3) is 27.1. The molecule has 6 aliphatic rings. The highest BCUT2D eigenvalue weighted by Crippen LogP contribution is 2.47. The molecule has 0 aliphatic carbocycles. The van der Waals surface area contributed by atoms with Gasteiger partial charge in [-0.2, -0.15) is 52.7 Å². The van der Waals surface area contributed by atoms with Crippen molar-refractivity contribution in [3.05, 3.63) is 264 Å². The molecule has 26 nitrogen and oxygen atoms in total. The average Bonchev–Trinajstić information content (AvgIpc) is 0.742. The molecule has 9 aromatic rings. The van der Waals surface area contributed by atoms with E-state index in [2.05, 4.69) is 36.3 Å². The predicted molar refractivity (Wildman–Crippen MR) is 516 cm³/mol. The van der Waals surface area contributed by atoms with E-state index in [4.69, 9.17) is 33.2 Å². The molecule has 6 fully saturated rings. The number of nitrogens with zero attached hydrogens (tertiary/aromatic N) is 13. The molecule has 6 saturated heterocycles. The number of hydrogen-bond donors (Lipinski definition) is 0. The lowest BCUT2D eigenvalue weighted by Gasteiger charge is -2.51. The van der Waals surface area contributed by atoms with Crippen LogP contribution in [0.4, 0.5) is 87.4 Å². The Morgan fingerprint density at radius 1 is 0.395 bits per heavy atom. The van der Waals surface area contributed by atoms with Crippen LogP contribution in [0.25, 0.3) is 0 Å². The second kappa shape index (κ2) is 48.9. The van der Waals surface area contributed by atoms with Crippen LogP contribution in [-0.4, -0.2) is 259 Å². The number of carbonyl (C=O) groups is 6. The van der Waals surface area contributed by atoms with Crippen molar-refractivity contribution in [2.24, 2.45) is 0 Å². The molecule has 147 heavy (non-hydrogen) atoms. The third-order valence-corrected chi connectivity index (χ3v) is 26.1. The zero-order valence-corrected chi connectivity index (χ0v) is 80.2. The van der Waals surface area contributed by atoms with Gasteiger partial charge in [0.1, 0.15) is 47.8 Å². The minimum Gasteiger partial charge on any atom is -0.489 e. The lowest BCUT2D eigenvalue weighted by atomic mass is 9.79. The Morgan fingerprint density at radius 2 is 0.769 bits per heavy atom. The monoisotopic (exact) mass is 2070 g/mol. The number of amides is 6. The van der Waals surface area contributed by atoms with Crippen molar-refractivity contribution < 1.29 is 132 Å². The molecule has 0 saturated carbocycles. The minimum absolute atomic E-state index is 0. The molecule has 5 atom stereocenters. The molecule has 6 amide bonds. The first-order valence-corrected chi connectivity index (χ1v) is 47.2. The van der Waals surface area contributed by atoms with Gasteiger partial charge in [0, 0.05) is 194 Å². The number of ether oxygens (including phenoxy) is 7. The molecule has 15 rings (SSSR count). The molecule has 42 heteroatoms. The number of alkyl halides is 16. The van der Waals surface area contributed by atoms with Gasteiger partial charge < -0.3 is 77.3 Å². The molecule has 6 aliphatic heterocycles. The highest BCUT2D eigenvalue weighted by Gasteiger charge is 2.59. The van der Waals surface area contributed by atoms with E-state index >= 15 is 0 Å². The second-order valence-corrected chi connectivity index (χ2v) is 35.7. The highest BCUT2D eigenvalue weighted by molar-refractivity contribution is 5.99. The lowest BCUT2D eigenvalue weighted by Crippen LogP contribution is -2.69. The van der Waals surface area contributed by atoms with Gasteiger partial charge in [-0.25, -0.2) is 22.5 Å². The van der Waals surface area contributed by atoms with Crippen LogP contribution in [0.2, 0.25) is 0 Å². The van der Waals surface area contributed by atoms with Crippen molar-refractivity contribution in [1.82, 2.24) is 49.3 Å². The number of carbonyl (C=O) groups excluding carboxylic acids is 6. The summed E-state index contributed by atoms with van der Waals surface area (Å²) in [6.07, 6.45) is -7.43. The number of halogens is 16. The van der Waals surface area contributed by atoms with Crippen molar-refractivity contribution in [2.45, 2.75) is 159 Å². The van der Waals surface area contributed by atoms with Crippen molar-refractivity contribution in [2.75, 3.05) is 160 Å². The Bertz CT molecular complexity index is 5890. The van der Waals surface area contributed by atoms with E-state index in [1.54, 1.807) is 48.1 Å². The van der Waals surface area contributed by atoms with Gasteiger partial charge in [-0.15, -0.1) is 6.58 Å². The Labute approximate surface area is 841 Å². The van der Waals surface area contributed by atoms with Crippen LogP contribution in [0.3, 0.4) is 0 Å². The molecule has 0 N–H and O–H groups in total. The predicted octanol–water partition coefficient (Wildman–Crippen LogP) is 19.6. The summed E-state index contributed by atoms with van der Waals surface area (Å²) in [5.41, 5.74) is -9.74. The van der Waals surface area contributed by atoms with Crippen molar-refractivity contribution >= 4 is 52.6 Å². The maximum absolute atomic E-state index is 14.9. The fraction of sp³-hybridized carbons (Fsp3) is 0.448. The summed E-state index contributed by atoms with van der Waals surface area (Å²) in [6.45, 7) is 12.8. The largest absolute Gasteiger partial charge is 0.489 e. The molecule has 0 radical (unpaired) electrons. The van der Waals surface area contributed by atoms with E-state index in [0.29, 0.717) is 117 Å². The Balaban J connectivity index is 0.000000209. The van der Waals surface area contributed by atoms with Gasteiger partial charge in [-0.3, -0.25) is 43.7 Å². The molecule has 0 spiro atoms. The molecule has 794 valence electrons. The van der Waals surface area contributed by atoms with Crippen LogP contribution in [-0.2, 0) is 60.4 Å². The normalized spacial score (nSPS) is 19.6. The van der Waals surface area contributed by atoms with Crippen LogP contribution in [0.15, 0.2) is 214 Å². The maximum atomic E-state index is 14.9. The third-order valence-electron chi connectivity index (χ3n) is 26.1. The molecular formula is C105H119F16N13O13. The van der Waals surface area contributed by atoms with E-state index in [9.17, 15) is 99.0 Å². The first-order chi connectivity index (χ1) is 69.0. The summed E-state index contributed by atoms with van der Waals surface area (Å²) in [5.74, 6) is -8.51. The number of aromatic nitrogens is 4. The van der Waals surface area contributed by atoms with Gasteiger partial charge in [-0.05, 0) is 166 Å². The summed E-state index contributed by atoms with van der Waals surface area (Å²) >= 11 is 0.